The molecular weight excluding hydrogens is 391 g/mol. The second-order valence-electron chi connectivity index (χ2n) is 6.81. The van der Waals surface area contributed by atoms with Crippen molar-refractivity contribution in [1.29, 1.82) is 0 Å². The van der Waals surface area contributed by atoms with Gasteiger partial charge in [0, 0.05) is 5.75 Å². The molecule has 2 aromatic carbocycles. The van der Waals surface area contributed by atoms with Gasteiger partial charge in [-0.2, -0.15) is 5.10 Å². The third-order valence-corrected chi connectivity index (χ3v) is 5.84. The molecule has 146 valence electrons. The van der Waals surface area contributed by atoms with Crippen molar-refractivity contribution in [2.45, 2.75) is 17.0 Å². The molecule has 0 radical (unpaired) electrons. The molecule has 6 nitrogen and oxygen atoms in total. The topological polar surface area (TPSA) is 61.9 Å². The van der Waals surface area contributed by atoms with E-state index in [4.69, 9.17) is 9.72 Å². The molecule has 8 heteroatoms. The normalized spacial score (nSPS) is 14.2. The zero-order chi connectivity index (χ0) is 19.8. The molecule has 2 aromatic heterocycles. The van der Waals surface area contributed by atoms with Crippen molar-refractivity contribution in [3.63, 3.8) is 0 Å². The Hall–Kier alpha value is -2.97. The maximum absolute atomic E-state index is 13.6. The van der Waals surface area contributed by atoms with Gasteiger partial charge in [0.2, 0.25) is 0 Å². The van der Waals surface area contributed by atoms with Crippen LogP contribution in [-0.2, 0) is 10.5 Å². The molecular formula is C21H17FN4O2S. The molecule has 1 aliphatic rings. The van der Waals surface area contributed by atoms with E-state index in [0.29, 0.717) is 35.2 Å². The Morgan fingerprint density at radius 2 is 1.97 bits per heavy atom. The van der Waals surface area contributed by atoms with Crippen LogP contribution in [0.15, 0.2) is 70.7 Å². The largest absolute Gasteiger partial charge is 0.377 e. The van der Waals surface area contributed by atoms with E-state index in [1.54, 1.807) is 21.5 Å². The second kappa shape index (κ2) is 7.46. The first-order valence-electron chi connectivity index (χ1n) is 9.21. The number of halogens is 1. The molecule has 29 heavy (non-hydrogen) atoms. The van der Waals surface area contributed by atoms with Crippen LogP contribution in [0.2, 0.25) is 0 Å². The van der Waals surface area contributed by atoms with E-state index in [1.165, 1.54) is 23.9 Å². The summed E-state index contributed by atoms with van der Waals surface area (Å²) in [5.74, 6) is 0.207. The summed E-state index contributed by atoms with van der Waals surface area (Å²) in [6.07, 6.45) is 1.57. The molecule has 0 saturated carbocycles. The first-order chi connectivity index (χ1) is 14.2. The van der Waals surface area contributed by atoms with E-state index < -0.39 is 0 Å². The molecule has 0 spiro atoms. The SMILES string of the molecule is O=c1c2cnn(C3COC3)c2nc(SCc2cccc(F)c2)n1-c1ccccc1. The number of nitrogens with zero attached hydrogens (tertiary/aromatic N) is 4. The average Bonchev–Trinajstić information content (AvgIpc) is 3.10. The summed E-state index contributed by atoms with van der Waals surface area (Å²) in [7, 11) is 0. The predicted octanol–water partition coefficient (Wildman–Crippen LogP) is 3.58. The number of hydrogen-bond donors (Lipinski definition) is 0. The highest BCUT2D eigenvalue weighted by Gasteiger charge is 2.25. The minimum absolute atomic E-state index is 0.0908. The lowest BCUT2D eigenvalue weighted by Gasteiger charge is -2.26. The number of ether oxygens (including phenoxy) is 1. The summed E-state index contributed by atoms with van der Waals surface area (Å²) >= 11 is 1.39. The molecule has 0 atom stereocenters. The second-order valence-corrected chi connectivity index (χ2v) is 7.75. The lowest BCUT2D eigenvalue weighted by Crippen LogP contribution is -2.32. The number of benzene rings is 2. The maximum atomic E-state index is 13.6. The quantitative estimate of drug-likeness (QED) is 0.373. The van der Waals surface area contributed by atoms with Crippen LogP contribution < -0.4 is 5.56 Å². The van der Waals surface area contributed by atoms with Gasteiger partial charge in [-0.25, -0.2) is 14.1 Å². The Bertz CT molecular complexity index is 1230. The first-order valence-corrected chi connectivity index (χ1v) is 10.2. The van der Waals surface area contributed by atoms with Crippen molar-refractivity contribution in [2.24, 2.45) is 0 Å². The fraction of sp³-hybridized carbons (Fsp3) is 0.190. The molecule has 5 rings (SSSR count). The smallest absolute Gasteiger partial charge is 0.269 e. The highest BCUT2D eigenvalue weighted by atomic mass is 32.2. The molecule has 0 unspecified atom stereocenters. The van der Waals surface area contributed by atoms with Gasteiger partial charge in [0.15, 0.2) is 10.8 Å². The molecule has 1 fully saturated rings. The Kier molecular flexibility index (Phi) is 4.65. The number of aromatic nitrogens is 4. The summed E-state index contributed by atoms with van der Waals surface area (Å²) < 4.78 is 22.2. The Morgan fingerprint density at radius 1 is 1.14 bits per heavy atom. The van der Waals surface area contributed by atoms with Crippen LogP contribution >= 0.6 is 11.8 Å². The summed E-state index contributed by atoms with van der Waals surface area (Å²) in [5, 5.41) is 5.40. The Labute approximate surface area is 170 Å². The van der Waals surface area contributed by atoms with Gasteiger partial charge in [-0.1, -0.05) is 42.1 Å². The van der Waals surface area contributed by atoms with Crippen molar-refractivity contribution < 1.29 is 9.13 Å². The number of hydrogen-bond acceptors (Lipinski definition) is 5. The monoisotopic (exact) mass is 408 g/mol. The van der Waals surface area contributed by atoms with Crippen LogP contribution in [0, 0.1) is 5.82 Å². The average molecular weight is 408 g/mol. The Morgan fingerprint density at radius 3 is 2.69 bits per heavy atom. The highest BCUT2D eigenvalue weighted by Crippen LogP contribution is 2.27. The van der Waals surface area contributed by atoms with Gasteiger partial charge in [-0.05, 0) is 29.8 Å². The predicted molar refractivity (Wildman–Crippen MR) is 109 cm³/mol. The van der Waals surface area contributed by atoms with E-state index in [1.807, 2.05) is 36.4 Å². The zero-order valence-electron chi connectivity index (χ0n) is 15.4. The third kappa shape index (κ3) is 3.34. The summed E-state index contributed by atoms with van der Waals surface area (Å²) in [6.45, 7) is 1.12. The molecule has 3 heterocycles. The molecule has 1 aliphatic heterocycles. The summed E-state index contributed by atoms with van der Waals surface area (Å²) in [5.41, 5.74) is 1.94. The lowest BCUT2D eigenvalue weighted by molar-refractivity contribution is -0.0269. The van der Waals surface area contributed by atoms with Crippen LogP contribution in [0.1, 0.15) is 11.6 Å². The van der Waals surface area contributed by atoms with E-state index in [0.717, 1.165) is 11.3 Å². The fourth-order valence-corrected chi connectivity index (χ4v) is 4.22. The zero-order valence-corrected chi connectivity index (χ0v) is 16.2. The van der Waals surface area contributed by atoms with Gasteiger partial charge in [0.1, 0.15) is 17.2 Å². The van der Waals surface area contributed by atoms with Gasteiger partial charge in [0.25, 0.3) is 5.56 Å². The summed E-state index contributed by atoms with van der Waals surface area (Å²) in [4.78, 5) is 18.1. The van der Waals surface area contributed by atoms with Crippen LogP contribution in [0.4, 0.5) is 4.39 Å². The maximum Gasteiger partial charge on any atom is 0.269 e. The van der Waals surface area contributed by atoms with Gasteiger partial charge in [-0.3, -0.25) is 9.36 Å². The van der Waals surface area contributed by atoms with Gasteiger partial charge in [-0.15, -0.1) is 0 Å². The fourth-order valence-electron chi connectivity index (χ4n) is 3.27. The van der Waals surface area contributed by atoms with Crippen LogP contribution in [-0.4, -0.2) is 32.5 Å². The van der Waals surface area contributed by atoms with E-state index >= 15 is 0 Å². The number of rotatable bonds is 5. The highest BCUT2D eigenvalue weighted by molar-refractivity contribution is 7.98. The van der Waals surface area contributed by atoms with Gasteiger partial charge >= 0.3 is 0 Å². The number of thioether (sulfide) groups is 1. The van der Waals surface area contributed by atoms with Crippen LogP contribution in [0.3, 0.4) is 0 Å². The minimum Gasteiger partial charge on any atom is -0.377 e. The molecule has 4 aromatic rings. The molecule has 0 aliphatic carbocycles. The van der Waals surface area contributed by atoms with Crippen molar-refractivity contribution in [2.75, 3.05) is 13.2 Å². The molecule has 1 saturated heterocycles. The van der Waals surface area contributed by atoms with Crippen molar-refractivity contribution in [1.82, 2.24) is 19.3 Å². The van der Waals surface area contributed by atoms with E-state index in [2.05, 4.69) is 5.10 Å². The molecule has 0 bridgehead atoms. The lowest BCUT2D eigenvalue weighted by atomic mass is 10.2. The van der Waals surface area contributed by atoms with Crippen molar-refractivity contribution in [3.8, 4) is 5.69 Å². The van der Waals surface area contributed by atoms with E-state index in [-0.39, 0.29) is 17.4 Å². The summed E-state index contributed by atoms with van der Waals surface area (Å²) in [6, 6.07) is 15.9. The third-order valence-electron chi connectivity index (χ3n) is 4.83. The molecule has 0 N–H and O–H groups in total. The van der Waals surface area contributed by atoms with Crippen molar-refractivity contribution >= 4 is 22.8 Å². The van der Waals surface area contributed by atoms with E-state index in [9.17, 15) is 9.18 Å². The number of fused-ring (bicyclic) bond motifs is 1. The minimum atomic E-state index is -0.282. The number of para-hydroxylation sites is 1. The van der Waals surface area contributed by atoms with Crippen LogP contribution in [0.5, 0.6) is 0 Å². The van der Waals surface area contributed by atoms with Gasteiger partial charge in [0.05, 0.1) is 25.1 Å². The standard InChI is InChI=1S/C21H17FN4O2S/c22-15-6-4-5-14(9-15)13-29-21-24-19-18(10-23-26(19)17-11-28-12-17)20(27)25(21)16-7-2-1-3-8-16/h1-10,17H,11-13H2. The van der Waals surface area contributed by atoms with Gasteiger partial charge < -0.3 is 4.74 Å². The van der Waals surface area contributed by atoms with Crippen molar-refractivity contribution in [3.05, 3.63) is 82.5 Å². The molecule has 0 amide bonds. The van der Waals surface area contributed by atoms with Crippen LogP contribution in [0.25, 0.3) is 16.7 Å². The Balaban J connectivity index is 1.63. The first kappa shape index (κ1) is 18.1.